The smallest absolute Gasteiger partial charge is 0.0172 e. The van der Waals surface area contributed by atoms with Crippen LogP contribution in [0, 0.1) is 17.8 Å². The number of hydrogen-bond donors (Lipinski definition) is 0. The van der Waals surface area contributed by atoms with Crippen LogP contribution in [0.25, 0.3) is 0 Å². The van der Waals surface area contributed by atoms with Gasteiger partial charge in [0.25, 0.3) is 0 Å². The van der Waals surface area contributed by atoms with Gasteiger partial charge < -0.3 is 0 Å². The van der Waals surface area contributed by atoms with E-state index < -0.39 is 0 Å². The predicted octanol–water partition coefficient (Wildman–Crippen LogP) is 3.53. The first kappa shape index (κ1) is 7.17. The monoisotopic (exact) mass is 162 g/mol. The summed E-state index contributed by atoms with van der Waals surface area (Å²) in [5.41, 5.74) is 3.84. The molecule has 2 atom stereocenters. The molecule has 2 unspecified atom stereocenters. The van der Waals surface area contributed by atoms with Crippen molar-refractivity contribution in [3.63, 3.8) is 0 Å². The van der Waals surface area contributed by atoms with Gasteiger partial charge in [0.05, 0.1) is 0 Å². The van der Waals surface area contributed by atoms with E-state index in [2.05, 4.69) is 6.92 Å². The third-order valence-corrected chi connectivity index (χ3v) is 3.93. The molecular weight excluding hydrogens is 144 g/mol. The molecule has 0 N–H and O–H groups in total. The van der Waals surface area contributed by atoms with Gasteiger partial charge in [-0.3, -0.25) is 0 Å². The van der Waals surface area contributed by atoms with Crippen LogP contribution < -0.4 is 0 Å². The van der Waals surface area contributed by atoms with Crippen molar-refractivity contribution in [1.29, 1.82) is 0 Å². The molecular formula is C12H18. The summed E-state index contributed by atoms with van der Waals surface area (Å²) in [4.78, 5) is 0. The van der Waals surface area contributed by atoms with Crippen LogP contribution in [-0.2, 0) is 0 Å². The Morgan fingerprint density at radius 3 is 2.33 bits per heavy atom. The van der Waals surface area contributed by atoms with Crippen molar-refractivity contribution in [3.8, 4) is 0 Å². The van der Waals surface area contributed by atoms with Gasteiger partial charge in [-0.2, -0.15) is 0 Å². The van der Waals surface area contributed by atoms with Gasteiger partial charge >= 0.3 is 0 Å². The van der Waals surface area contributed by atoms with Gasteiger partial charge in [0.1, 0.15) is 0 Å². The predicted molar refractivity (Wildman–Crippen MR) is 50.9 cm³/mol. The highest BCUT2D eigenvalue weighted by atomic mass is 14.5. The van der Waals surface area contributed by atoms with Crippen LogP contribution >= 0.6 is 0 Å². The highest BCUT2D eigenvalue weighted by Gasteiger charge is 2.41. The highest BCUT2D eigenvalue weighted by Crippen LogP contribution is 2.53. The van der Waals surface area contributed by atoms with E-state index in [1.165, 1.54) is 38.5 Å². The summed E-state index contributed by atoms with van der Waals surface area (Å²) in [5, 5.41) is 0. The Kier molecular flexibility index (Phi) is 1.42. The quantitative estimate of drug-likeness (QED) is 0.545. The molecule has 0 nitrogen and oxygen atoms in total. The first-order chi connectivity index (χ1) is 5.86. The molecule has 12 heavy (non-hydrogen) atoms. The first-order valence-corrected chi connectivity index (χ1v) is 5.58. The van der Waals surface area contributed by atoms with E-state index >= 15 is 0 Å². The second-order valence-corrected chi connectivity index (χ2v) is 5.00. The van der Waals surface area contributed by atoms with Crippen molar-refractivity contribution in [2.24, 2.45) is 17.8 Å². The molecule has 0 heterocycles. The lowest BCUT2D eigenvalue weighted by Crippen LogP contribution is -1.89. The van der Waals surface area contributed by atoms with E-state index in [4.69, 9.17) is 0 Å². The molecule has 2 saturated carbocycles. The minimum Gasteiger partial charge on any atom is -0.0676 e. The van der Waals surface area contributed by atoms with E-state index in [0.29, 0.717) is 0 Å². The van der Waals surface area contributed by atoms with Crippen LogP contribution in [0.5, 0.6) is 0 Å². The highest BCUT2D eigenvalue weighted by molar-refractivity contribution is 5.30. The van der Waals surface area contributed by atoms with Crippen LogP contribution in [0.3, 0.4) is 0 Å². The van der Waals surface area contributed by atoms with Gasteiger partial charge in [0.15, 0.2) is 0 Å². The van der Waals surface area contributed by atoms with Gasteiger partial charge in [0, 0.05) is 0 Å². The lowest BCUT2D eigenvalue weighted by molar-refractivity contribution is 0.799. The van der Waals surface area contributed by atoms with E-state index in [0.717, 1.165) is 17.8 Å². The molecule has 2 fully saturated rings. The minimum atomic E-state index is 1.03. The Hall–Kier alpha value is -0.260. The largest absolute Gasteiger partial charge is 0.0676 e. The fourth-order valence-corrected chi connectivity index (χ4v) is 2.92. The van der Waals surface area contributed by atoms with Crippen molar-refractivity contribution < 1.29 is 0 Å². The zero-order valence-corrected chi connectivity index (χ0v) is 7.97. The minimum absolute atomic E-state index is 1.03. The third-order valence-electron chi connectivity index (χ3n) is 3.93. The first-order valence-electron chi connectivity index (χ1n) is 5.58. The average molecular weight is 162 g/mol. The molecule has 0 saturated heterocycles. The molecule has 3 aliphatic carbocycles. The Labute approximate surface area is 75.0 Å². The Balaban J connectivity index is 1.83. The Bertz CT molecular complexity index is 232. The van der Waals surface area contributed by atoms with Crippen molar-refractivity contribution in [2.45, 2.75) is 45.4 Å². The lowest BCUT2D eigenvalue weighted by atomic mass is 10.0. The normalized spacial score (nSPS) is 40.8. The summed E-state index contributed by atoms with van der Waals surface area (Å²) >= 11 is 0. The van der Waals surface area contributed by atoms with Crippen LogP contribution in [-0.4, -0.2) is 0 Å². The van der Waals surface area contributed by atoms with Gasteiger partial charge in [-0.15, -0.1) is 0 Å². The topological polar surface area (TPSA) is 0 Å². The summed E-state index contributed by atoms with van der Waals surface area (Å²) in [5.74, 6) is 3.14. The van der Waals surface area contributed by atoms with Crippen molar-refractivity contribution >= 4 is 0 Å². The standard InChI is InChI=1S/C12H18/c1-8-7-12(8)11-4-2-3-10(11)9-5-6-9/h8-9,12H,2-7H2,1H3. The fourth-order valence-electron chi connectivity index (χ4n) is 2.92. The zero-order valence-electron chi connectivity index (χ0n) is 7.97. The SMILES string of the molecule is CC1CC1C1=C(C2CC2)CCC1. The molecule has 3 aliphatic rings. The van der Waals surface area contributed by atoms with E-state index in [1.807, 2.05) is 11.1 Å². The second kappa shape index (κ2) is 2.37. The van der Waals surface area contributed by atoms with Crippen molar-refractivity contribution in [3.05, 3.63) is 11.1 Å². The van der Waals surface area contributed by atoms with Gasteiger partial charge in [-0.25, -0.2) is 0 Å². The molecule has 0 radical (unpaired) electrons. The van der Waals surface area contributed by atoms with Crippen LogP contribution in [0.1, 0.15) is 45.4 Å². The van der Waals surface area contributed by atoms with E-state index in [-0.39, 0.29) is 0 Å². The maximum absolute atomic E-state index is 2.42. The van der Waals surface area contributed by atoms with Crippen LogP contribution in [0.2, 0.25) is 0 Å². The molecule has 0 aromatic carbocycles. The molecule has 66 valence electrons. The molecule has 0 amide bonds. The maximum atomic E-state index is 2.42. The van der Waals surface area contributed by atoms with E-state index in [9.17, 15) is 0 Å². The second-order valence-electron chi connectivity index (χ2n) is 5.00. The molecule has 0 spiro atoms. The Morgan fingerprint density at radius 2 is 1.75 bits per heavy atom. The van der Waals surface area contributed by atoms with Crippen LogP contribution in [0.4, 0.5) is 0 Å². The average Bonchev–Trinajstić information content (AvgIpc) is 2.96. The summed E-state index contributed by atoms with van der Waals surface area (Å²) in [7, 11) is 0. The van der Waals surface area contributed by atoms with Crippen molar-refractivity contribution in [1.82, 2.24) is 0 Å². The molecule has 0 aromatic rings. The summed E-state index contributed by atoms with van der Waals surface area (Å²) in [6, 6.07) is 0. The molecule has 0 bridgehead atoms. The third kappa shape index (κ3) is 1.04. The summed E-state index contributed by atoms with van der Waals surface area (Å²) in [6.45, 7) is 2.42. The fraction of sp³-hybridized carbons (Fsp3) is 0.833. The number of allylic oxidation sites excluding steroid dienone is 2. The van der Waals surface area contributed by atoms with E-state index in [1.54, 1.807) is 0 Å². The number of rotatable bonds is 2. The molecule has 0 heteroatoms. The van der Waals surface area contributed by atoms with Gasteiger partial charge in [-0.1, -0.05) is 18.1 Å². The summed E-state index contributed by atoms with van der Waals surface area (Å²) in [6.07, 6.45) is 8.93. The molecule has 3 rings (SSSR count). The lowest BCUT2D eigenvalue weighted by Gasteiger charge is -2.04. The number of hydrogen-bond acceptors (Lipinski definition) is 0. The Morgan fingerprint density at radius 1 is 1.08 bits per heavy atom. The van der Waals surface area contributed by atoms with Crippen molar-refractivity contribution in [2.75, 3.05) is 0 Å². The zero-order chi connectivity index (χ0) is 8.13. The van der Waals surface area contributed by atoms with Gasteiger partial charge in [-0.05, 0) is 56.3 Å². The van der Waals surface area contributed by atoms with Gasteiger partial charge in [0.2, 0.25) is 0 Å². The maximum Gasteiger partial charge on any atom is -0.0172 e. The summed E-state index contributed by atoms with van der Waals surface area (Å²) < 4.78 is 0. The van der Waals surface area contributed by atoms with Crippen LogP contribution in [0.15, 0.2) is 11.1 Å². The molecule has 0 aromatic heterocycles. The molecule has 0 aliphatic heterocycles.